The van der Waals surface area contributed by atoms with E-state index in [4.69, 9.17) is 21.9 Å². The van der Waals surface area contributed by atoms with Gasteiger partial charge in [0, 0.05) is 18.1 Å². The van der Waals surface area contributed by atoms with E-state index in [9.17, 15) is 4.39 Å². The Morgan fingerprint density at radius 3 is 2.88 bits per heavy atom. The van der Waals surface area contributed by atoms with E-state index in [1.807, 2.05) is 0 Å². The van der Waals surface area contributed by atoms with Gasteiger partial charge in [0.25, 0.3) is 0 Å². The Morgan fingerprint density at radius 1 is 1.38 bits per heavy atom. The molecule has 0 saturated heterocycles. The normalized spacial score (nSPS) is 10.7. The molecule has 0 bridgehead atoms. The number of hydrogen-bond donors (Lipinski definition) is 1. The van der Waals surface area contributed by atoms with Gasteiger partial charge in [-0.15, -0.1) is 0 Å². The lowest BCUT2D eigenvalue weighted by molar-refractivity contribution is 0.423. The molecule has 5 heteroatoms. The highest BCUT2D eigenvalue weighted by atomic mass is 35.5. The smallest absolute Gasteiger partial charge is 0.167 e. The monoisotopic (exact) mass is 240 g/mol. The van der Waals surface area contributed by atoms with Crippen molar-refractivity contribution in [1.82, 2.24) is 5.16 Å². The summed E-state index contributed by atoms with van der Waals surface area (Å²) in [6, 6.07) is 6.16. The van der Waals surface area contributed by atoms with E-state index in [-0.39, 0.29) is 5.02 Å². The minimum atomic E-state index is -0.452. The summed E-state index contributed by atoms with van der Waals surface area (Å²) in [6.45, 7) is 0.510. The first-order valence-corrected chi connectivity index (χ1v) is 5.19. The van der Waals surface area contributed by atoms with E-state index in [1.165, 1.54) is 12.1 Å². The van der Waals surface area contributed by atoms with Crippen LogP contribution < -0.4 is 5.73 Å². The van der Waals surface area contributed by atoms with Crippen LogP contribution >= 0.6 is 11.6 Å². The number of hydrogen-bond acceptors (Lipinski definition) is 3. The fraction of sp³-hybridized carbons (Fsp3) is 0.182. The van der Waals surface area contributed by atoms with Gasteiger partial charge in [-0.3, -0.25) is 0 Å². The SMILES string of the molecule is NCCc1cc(-c2ccc(F)c(Cl)c2)on1. The molecule has 0 fully saturated rings. The van der Waals surface area contributed by atoms with Crippen LogP contribution in [0.4, 0.5) is 4.39 Å². The van der Waals surface area contributed by atoms with Crippen LogP contribution in [0.15, 0.2) is 28.8 Å². The zero-order valence-electron chi connectivity index (χ0n) is 8.41. The van der Waals surface area contributed by atoms with E-state index in [1.54, 1.807) is 12.1 Å². The summed E-state index contributed by atoms with van der Waals surface area (Å²) >= 11 is 5.67. The average molecular weight is 241 g/mol. The lowest BCUT2D eigenvalue weighted by atomic mass is 10.1. The molecule has 1 heterocycles. The van der Waals surface area contributed by atoms with Crippen molar-refractivity contribution in [3.8, 4) is 11.3 Å². The molecule has 0 radical (unpaired) electrons. The molecule has 1 aromatic carbocycles. The van der Waals surface area contributed by atoms with Crippen LogP contribution in [0, 0.1) is 5.82 Å². The van der Waals surface area contributed by atoms with Crippen molar-refractivity contribution in [1.29, 1.82) is 0 Å². The van der Waals surface area contributed by atoms with Gasteiger partial charge in [-0.1, -0.05) is 16.8 Å². The molecule has 0 unspecified atom stereocenters. The van der Waals surface area contributed by atoms with Crippen molar-refractivity contribution in [2.75, 3.05) is 6.54 Å². The maximum atomic E-state index is 12.9. The van der Waals surface area contributed by atoms with Gasteiger partial charge < -0.3 is 10.3 Å². The standard InChI is InChI=1S/C11H10ClFN2O/c12-9-5-7(1-2-10(9)13)11-6-8(3-4-14)15-16-11/h1-2,5-6H,3-4,14H2. The first-order chi connectivity index (χ1) is 7.70. The summed E-state index contributed by atoms with van der Waals surface area (Å²) in [6.07, 6.45) is 0.651. The van der Waals surface area contributed by atoms with Crippen LogP contribution in [0.5, 0.6) is 0 Å². The first kappa shape index (κ1) is 11.1. The zero-order valence-corrected chi connectivity index (χ0v) is 9.17. The summed E-state index contributed by atoms with van der Waals surface area (Å²) in [5.41, 5.74) is 6.87. The lowest BCUT2D eigenvalue weighted by Gasteiger charge is -1.97. The van der Waals surface area contributed by atoms with Crippen LogP contribution in [0.25, 0.3) is 11.3 Å². The number of halogens is 2. The molecule has 0 saturated carbocycles. The van der Waals surface area contributed by atoms with E-state index in [0.717, 1.165) is 5.69 Å². The predicted molar refractivity (Wildman–Crippen MR) is 59.7 cm³/mol. The fourth-order valence-corrected chi connectivity index (χ4v) is 1.54. The van der Waals surface area contributed by atoms with Crippen molar-refractivity contribution in [2.45, 2.75) is 6.42 Å². The topological polar surface area (TPSA) is 52.0 Å². The quantitative estimate of drug-likeness (QED) is 0.897. The fourth-order valence-electron chi connectivity index (χ4n) is 1.36. The van der Waals surface area contributed by atoms with Gasteiger partial charge in [0.2, 0.25) is 0 Å². The van der Waals surface area contributed by atoms with Gasteiger partial charge in [0.1, 0.15) is 5.82 Å². The van der Waals surface area contributed by atoms with E-state index in [0.29, 0.717) is 24.3 Å². The Balaban J connectivity index is 2.31. The minimum Gasteiger partial charge on any atom is -0.356 e. The summed E-state index contributed by atoms with van der Waals surface area (Å²) in [7, 11) is 0. The van der Waals surface area contributed by atoms with Crippen LogP contribution in [0.2, 0.25) is 5.02 Å². The Kier molecular flexibility index (Phi) is 3.22. The second-order valence-electron chi connectivity index (χ2n) is 3.35. The third kappa shape index (κ3) is 2.23. The molecule has 2 N–H and O–H groups in total. The first-order valence-electron chi connectivity index (χ1n) is 4.82. The van der Waals surface area contributed by atoms with Crippen molar-refractivity contribution < 1.29 is 8.91 Å². The van der Waals surface area contributed by atoms with Crippen LogP contribution in [0.1, 0.15) is 5.69 Å². The van der Waals surface area contributed by atoms with Crippen LogP contribution in [-0.4, -0.2) is 11.7 Å². The third-order valence-electron chi connectivity index (χ3n) is 2.16. The van der Waals surface area contributed by atoms with Crippen LogP contribution in [-0.2, 0) is 6.42 Å². The number of rotatable bonds is 3. The van der Waals surface area contributed by atoms with Crippen LogP contribution in [0.3, 0.4) is 0 Å². The van der Waals surface area contributed by atoms with Gasteiger partial charge >= 0.3 is 0 Å². The molecular weight excluding hydrogens is 231 g/mol. The van der Waals surface area contributed by atoms with Gasteiger partial charge in [-0.25, -0.2) is 4.39 Å². The maximum absolute atomic E-state index is 12.9. The molecule has 0 spiro atoms. The molecular formula is C11H10ClFN2O. The molecule has 0 amide bonds. The van der Waals surface area contributed by atoms with Crippen molar-refractivity contribution in [3.63, 3.8) is 0 Å². The van der Waals surface area contributed by atoms with E-state index < -0.39 is 5.82 Å². The van der Waals surface area contributed by atoms with E-state index >= 15 is 0 Å². The number of aromatic nitrogens is 1. The predicted octanol–water partition coefficient (Wildman–Crippen LogP) is 2.64. The molecule has 0 aliphatic carbocycles. The Morgan fingerprint density at radius 2 is 2.19 bits per heavy atom. The highest BCUT2D eigenvalue weighted by Gasteiger charge is 2.08. The van der Waals surface area contributed by atoms with Crippen molar-refractivity contribution in [2.24, 2.45) is 5.73 Å². The molecule has 1 aromatic heterocycles. The van der Waals surface area contributed by atoms with E-state index in [2.05, 4.69) is 5.16 Å². The molecule has 0 aliphatic rings. The highest BCUT2D eigenvalue weighted by Crippen LogP contribution is 2.25. The average Bonchev–Trinajstić information content (AvgIpc) is 2.71. The van der Waals surface area contributed by atoms with Crippen molar-refractivity contribution >= 4 is 11.6 Å². The largest absolute Gasteiger partial charge is 0.356 e. The summed E-state index contributed by atoms with van der Waals surface area (Å²) < 4.78 is 18.1. The molecule has 3 nitrogen and oxygen atoms in total. The minimum absolute atomic E-state index is 0.0641. The summed E-state index contributed by atoms with van der Waals surface area (Å²) in [4.78, 5) is 0. The molecule has 84 valence electrons. The van der Waals surface area contributed by atoms with Gasteiger partial charge in [0.05, 0.1) is 10.7 Å². The number of nitrogens with two attached hydrogens (primary N) is 1. The molecule has 2 rings (SSSR count). The third-order valence-corrected chi connectivity index (χ3v) is 2.45. The number of benzene rings is 1. The van der Waals surface area contributed by atoms with Gasteiger partial charge in [-0.2, -0.15) is 0 Å². The lowest BCUT2D eigenvalue weighted by Crippen LogP contribution is -2.02. The Labute approximate surface area is 97.0 Å². The zero-order chi connectivity index (χ0) is 11.5. The van der Waals surface area contributed by atoms with Crippen molar-refractivity contribution in [3.05, 3.63) is 40.8 Å². The molecule has 0 atom stereocenters. The second-order valence-corrected chi connectivity index (χ2v) is 3.76. The maximum Gasteiger partial charge on any atom is 0.167 e. The highest BCUT2D eigenvalue weighted by molar-refractivity contribution is 6.31. The number of nitrogens with zero attached hydrogens (tertiary/aromatic N) is 1. The Hall–Kier alpha value is -1.39. The van der Waals surface area contributed by atoms with Gasteiger partial charge in [-0.05, 0) is 24.7 Å². The molecule has 2 aromatic rings. The summed E-state index contributed by atoms with van der Waals surface area (Å²) in [5, 5.41) is 3.91. The Bertz CT molecular complexity index is 498. The summed E-state index contributed by atoms with van der Waals surface area (Å²) in [5.74, 6) is 0.109. The second kappa shape index (κ2) is 4.63. The molecule has 16 heavy (non-hydrogen) atoms. The molecule has 0 aliphatic heterocycles. The van der Waals surface area contributed by atoms with Gasteiger partial charge in [0.15, 0.2) is 5.76 Å².